The first kappa shape index (κ1) is 27.7. The van der Waals surface area contributed by atoms with Crippen LogP contribution in [0.5, 0.6) is 11.5 Å². The maximum atomic E-state index is 13.7. The number of likely N-dealkylation sites (tertiary alicyclic amines) is 1. The van der Waals surface area contributed by atoms with Gasteiger partial charge in [0.15, 0.2) is 11.5 Å². The lowest BCUT2D eigenvalue weighted by atomic mass is 9.94. The Labute approximate surface area is 235 Å². The van der Waals surface area contributed by atoms with E-state index in [1.165, 1.54) is 13.2 Å². The molecule has 2 aromatic carbocycles. The van der Waals surface area contributed by atoms with E-state index >= 15 is 0 Å². The van der Waals surface area contributed by atoms with Crippen molar-refractivity contribution in [3.8, 4) is 22.8 Å². The van der Waals surface area contributed by atoms with Crippen LogP contribution in [0.4, 0.5) is 13.2 Å². The molecule has 6 rings (SSSR count). The molecule has 11 heteroatoms. The van der Waals surface area contributed by atoms with Gasteiger partial charge in [-0.15, -0.1) is 0 Å². The summed E-state index contributed by atoms with van der Waals surface area (Å²) in [6.07, 6.45) is -2.62. The van der Waals surface area contributed by atoms with Crippen LogP contribution in [0, 0.1) is 0 Å². The van der Waals surface area contributed by atoms with E-state index in [1.807, 2.05) is 0 Å². The summed E-state index contributed by atoms with van der Waals surface area (Å²) in [4.78, 5) is 22.9. The van der Waals surface area contributed by atoms with Gasteiger partial charge in [0.25, 0.3) is 0 Å². The predicted molar refractivity (Wildman–Crippen MR) is 145 cm³/mol. The standard InChI is InChI=1S/C30H32F3N3O5/c1-38-29(37)27-22-16-25-26(41-14-13-40-25)17-24(22)34-28(19-3-2-4-20(15-19)30(31,32)33)23(27)18-35-7-5-21(6-8-35)36-9-11-39-12-10-36/h2-4,15-17,21H,5-14,18H2,1H3. The first-order valence-corrected chi connectivity index (χ1v) is 13.9. The normalized spacial score (nSPS) is 18.9. The summed E-state index contributed by atoms with van der Waals surface area (Å²) in [5.74, 6) is 0.375. The Morgan fingerprint density at radius 1 is 1.00 bits per heavy atom. The van der Waals surface area contributed by atoms with Crippen molar-refractivity contribution in [3.63, 3.8) is 0 Å². The van der Waals surface area contributed by atoms with Crippen LogP contribution in [0.1, 0.15) is 34.3 Å². The number of morpholine rings is 1. The number of hydrogen-bond donors (Lipinski definition) is 0. The maximum absolute atomic E-state index is 13.7. The van der Waals surface area contributed by atoms with Crippen LogP contribution in [-0.4, -0.2) is 86.5 Å². The Bertz CT molecular complexity index is 1430. The highest BCUT2D eigenvalue weighted by atomic mass is 19.4. The molecule has 0 bridgehead atoms. The number of nitrogens with zero attached hydrogens (tertiary/aromatic N) is 3. The lowest BCUT2D eigenvalue weighted by Gasteiger charge is -2.40. The van der Waals surface area contributed by atoms with Gasteiger partial charge in [0.2, 0.25) is 0 Å². The molecule has 8 nitrogen and oxygen atoms in total. The first-order valence-electron chi connectivity index (χ1n) is 13.9. The molecule has 0 amide bonds. The number of hydrogen-bond acceptors (Lipinski definition) is 8. The van der Waals surface area contributed by atoms with Gasteiger partial charge in [0.05, 0.1) is 42.7 Å². The molecule has 0 aliphatic carbocycles. The molecule has 0 atom stereocenters. The van der Waals surface area contributed by atoms with Crippen LogP contribution in [-0.2, 0) is 22.2 Å². The van der Waals surface area contributed by atoms with Crippen LogP contribution in [0.2, 0.25) is 0 Å². The number of carbonyl (C=O) groups is 1. The van der Waals surface area contributed by atoms with E-state index in [1.54, 1.807) is 18.2 Å². The zero-order valence-electron chi connectivity index (χ0n) is 22.8. The summed E-state index contributed by atoms with van der Waals surface area (Å²) in [7, 11) is 1.30. The van der Waals surface area contributed by atoms with E-state index in [2.05, 4.69) is 9.80 Å². The number of methoxy groups -OCH3 is 1. The number of esters is 1. The molecule has 3 aliphatic rings. The Morgan fingerprint density at radius 3 is 2.39 bits per heavy atom. The molecule has 3 aromatic rings. The van der Waals surface area contributed by atoms with Gasteiger partial charge in [-0.2, -0.15) is 13.2 Å². The Hall–Kier alpha value is -3.41. The lowest BCUT2D eigenvalue weighted by molar-refractivity contribution is -0.137. The molecule has 0 radical (unpaired) electrons. The van der Waals surface area contributed by atoms with Gasteiger partial charge in [-0.3, -0.25) is 9.80 Å². The highest BCUT2D eigenvalue weighted by Crippen LogP contribution is 2.40. The van der Waals surface area contributed by atoms with Crippen molar-refractivity contribution >= 4 is 16.9 Å². The van der Waals surface area contributed by atoms with Crippen molar-refractivity contribution < 1.29 is 36.9 Å². The Morgan fingerprint density at radius 2 is 1.71 bits per heavy atom. The van der Waals surface area contributed by atoms with Crippen molar-refractivity contribution in [1.29, 1.82) is 0 Å². The number of alkyl halides is 3. The van der Waals surface area contributed by atoms with Crippen LogP contribution in [0.15, 0.2) is 36.4 Å². The summed E-state index contributed by atoms with van der Waals surface area (Å²) < 4.78 is 63.3. The van der Waals surface area contributed by atoms with Gasteiger partial charge < -0.3 is 18.9 Å². The fourth-order valence-electron chi connectivity index (χ4n) is 6.02. The van der Waals surface area contributed by atoms with Crippen molar-refractivity contribution in [3.05, 3.63) is 53.1 Å². The highest BCUT2D eigenvalue weighted by molar-refractivity contribution is 6.07. The van der Waals surface area contributed by atoms with Gasteiger partial charge >= 0.3 is 12.1 Å². The number of carbonyl (C=O) groups excluding carboxylic acids is 1. The Kier molecular flexibility index (Phi) is 7.76. The second-order valence-electron chi connectivity index (χ2n) is 10.6. The van der Waals surface area contributed by atoms with Crippen LogP contribution in [0.25, 0.3) is 22.2 Å². The van der Waals surface area contributed by atoms with Gasteiger partial charge in [-0.1, -0.05) is 12.1 Å². The minimum absolute atomic E-state index is 0.275. The molecule has 3 aliphatic heterocycles. The fourth-order valence-corrected chi connectivity index (χ4v) is 6.02. The number of piperidine rings is 1. The van der Waals surface area contributed by atoms with E-state index in [9.17, 15) is 18.0 Å². The van der Waals surface area contributed by atoms with Crippen LogP contribution < -0.4 is 9.47 Å². The average molecular weight is 572 g/mol. The van der Waals surface area contributed by atoms with Crippen LogP contribution >= 0.6 is 0 Å². The minimum atomic E-state index is -4.52. The molecule has 41 heavy (non-hydrogen) atoms. The minimum Gasteiger partial charge on any atom is -0.486 e. The molecule has 0 spiro atoms. The maximum Gasteiger partial charge on any atom is 0.416 e. The third kappa shape index (κ3) is 5.71. The van der Waals surface area contributed by atoms with Gasteiger partial charge in [-0.05, 0) is 44.1 Å². The van der Waals surface area contributed by atoms with Gasteiger partial charge in [-0.25, -0.2) is 9.78 Å². The average Bonchev–Trinajstić information content (AvgIpc) is 3.00. The fraction of sp³-hybridized carbons (Fsp3) is 0.467. The summed E-state index contributed by atoms with van der Waals surface area (Å²) in [5.41, 5.74) is 1.03. The zero-order chi connectivity index (χ0) is 28.6. The number of halogens is 3. The third-order valence-electron chi connectivity index (χ3n) is 8.10. The molecule has 2 fully saturated rings. The first-order chi connectivity index (χ1) is 19.8. The van der Waals surface area contributed by atoms with E-state index < -0.39 is 17.7 Å². The number of ether oxygens (including phenoxy) is 4. The molecular weight excluding hydrogens is 539 g/mol. The monoisotopic (exact) mass is 571 g/mol. The molecule has 218 valence electrons. The molecule has 0 unspecified atom stereocenters. The van der Waals surface area contributed by atoms with E-state index in [0.717, 1.165) is 64.4 Å². The summed E-state index contributed by atoms with van der Waals surface area (Å²) in [5, 5.41) is 0.509. The number of pyridine rings is 1. The van der Waals surface area contributed by atoms with Crippen molar-refractivity contribution in [1.82, 2.24) is 14.8 Å². The van der Waals surface area contributed by atoms with E-state index in [0.29, 0.717) is 59.5 Å². The van der Waals surface area contributed by atoms with Crippen molar-refractivity contribution in [2.75, 3.05) is 59.7 Å². The molecule has 1 aromatic heterocycles. The molecule has 2 saturated heterocycles. The topological polar surface area (TPSA) is 73.4 Å². The second-order valence-corrected chi connectivity index (χ2v) is 10.6. The van der Waals surface area contributed by atoms with Crippen molar-refractivity contribution in [2.45, 2.75) is 31.6 Å². The van der Waals surface area contributed by atoms with Gasteiger partial charge in [0.1, 0.15) is 13.2 Å². The van der Waals surface area contributed by atoms with Crippen molar-refractivity contribution in [2.24, 2.45) is 0 Å². The Balaban J connectivity index is 1.44. The third-order valence-corrected chi connectivity index (χ3v) is 8.10. The zero-order valence-corrected chi connectivity index (χ0v) is 22.8. The SMILES string of the molecule is COC(=O)c1c(CN2CCC(N3CCOCC3)CC2)c(-c2cccc(C(F)(F)F)c2)nc2cc3c(cc12)OCCO3. The molecular formula is C30H32F3N3O5. The number of aromatic nitrogens is 1. The largest absolute Gasteiger partial charge is 0.486 e. The van der Waals surface area contributed by atoms with Crippen LogP contribution in [0.3, 0.4) is 0 Å². The quantitative estimate of drug-likeness (QED) is 0.406. The second kappa shape index (κ2) is 11.5. The van der Waals surface area contributed by atoms with E-state index in [4.69, 9.17) is 23.9 Å². The van der Waals surface area contributed by atoms with E-state index in [-0.39, 0.29) is 11.1 Å². The summed E-state index contributed by atoms with van der Waals surface area (Å²) in [6, 6.07) is 8.92. The molecule has 4 heterocycles. The number of fused-ring (bicyclic) bond motifs is 2. The van der Waals surface area contributed by atoms with Gasteiger partial charge in [0, 0.05) is 48.3 Å². The highest BCUT2D eigenvalue weighted by Gasteiger charge is 2.33. The lowest BCUT2D eigenvalue weighted by Crippen LogP contribution is -2.48. The number of benzene rings is 2. The summed E-state index contributed by atoms with van der Waals surface area (Å²) in [6.45, 7) is 5.95. The number of rotatable bonds is 5. The smallest absolute Gasteiger partial charge is 0.416 e. The molecule has 0 N–H and O–H groups in total. The summed E-state index contributed by atoms with van der Waals surface area (Å²) >= 11 is 0. The molecule has 0 saturated carbocycles. The predicted octanol–water partition coefficient (Wildman–Crippen LogP) is 4.78.